The quantitative estimate of drug-likeness (QED) is 0.745. The molecule has 1 aromatic heterocycles. The maximum Gasteiger partial charge on any atom is 0.312 e. The number of hydrogen-bond acceptors (Lipinski definition) is 4. The third-order valence-electron chi connectivity index (χ3n) is 4.44. The number of carbonyl (C=O) groups excluding carboxylic acids is 1. The van der Waals surface area contributed by atoms with Crippen LogP contribution in [0.5, 0.6) is 11.5 Å². The van der Waals surface area contributed by atoms with Crippen molar-refractivity contribution in [2.24, 2.45) is 0 Å². The Balaban J connectivity index is 1.88. The lowest BCUT2D eigenvalue weighted by Crippen LogP contribution is -2.28. The van der Waals surface area contributed by atoms with E-state index >= 15 is 0 Å². The third kappa shape index (κ3) is 2.67. The van der Waals surface area contributed by atoms with Gasteiger partial charge in [-0.25, -0.2) is 0 Å². The summed E-state index contributed by atoms with van der Waals surface area (Å²) in [7, 11) is 0. The van der Waals surface area contributed by atoms with Crippen molar-refractivity contribution in [2.75, 3.05) is 6.61 Å². The van der Waals surface area contributed by atoms with Gasteiger partial charge in [-0.2, -0.15) is 0 Å². The number of pyridine rings is 1. The first-order valence-corrected chi connectivity index (χ1v) is 8.25. The van der Waals surface area contributed by atoms with Crippen molar-refractivity contribution in [1.82, 2.24) is 4.98 Å². The number of fused-ring (bicyclic) bond motifs is 3. The number of para-hydroxylation sites is 1. The number of ether oxygens (including phenoxy) is 2. The zero-order chi connectivity index (χ0) is 17.4. The molecule has 3 aromatic rings. The van der Waals surface area contributed by atoms with Crippen molar-refractivity contribution in [1.29, 1.82) is 0 Å². The van der Waals surface area contributed by atoms with Gasteiger partial charge >= 0.3 is 5.97 Å². The Labute approximate surface area is 144 Å². The predicted octanol–water partition coefficient (Wildman–Crippen LogP) is 3.37. The lowest BCUT2D eigenvalue weighted by atomic mass is 9.86. The van der Waals surface area contributed by atoms with Crippen LogP contribution < -0.4 is 15.0 Å². The van der Waals surface area contributed by atoms with Crippen LogP contribution in [0, 0.1) is 0 Å². The van der Waals surface area contributed by atoms with Crippen molar-refractivity contribution in [3.63, 3.8) is 0 Å². The second-order valence-corrected chi connectivity index (χ2v) is 5.98. The summed E-state index contributed by atoms with van der Waals surface area (Å²) in [6, 6.07) is 14.8. The predicted molar refractivity (Wildman–Crippen MR) is 94.3 cm³/mol. The normalized spacial score (nSPS) is 16.4. The number of hydrogen-bond donors (Lipinski definition) is 1. The highest BCUT2D eigenvalue weighted by atomic mass is 16.5. The van der Waals surface area contributed by atoms with Crippen molar-refractivity contribution in [2.45, 2.75) is 19.3 Å². The summed E-state index contributed by atoms with van der Waals surface area (Å²) in [6.07, 6.45) is 0.141. The highest BCUT2D eigenvalue weighted by Gasteiger charge is 2.32. The van der Waals surface area contributed by atoms with Crippen LogP contribution in [0.25, 0.3) is 10.9 Å². The van der Waals surface area contributed by atoms with Gasteiger partial charge < -0.3 is 14.5 Å². The van der Waals surface area contributed by atoms with Gasteiger partial charge in [-0.1, -0.05) is 24.3 Å². The average molecular weight is 335 g/mol. The summed E-state index contributed by atoms with van der Waals surface area (Å²) in [6.45, 7) is 2.51. The molecule has 0 radical (unpaired) electrons. The second-order valence-electron chi connectivity index (χ2n) is 5.98. The minimum absolute atomic E-state index is 0.141. The molecule has 0 spiro atoms. The van der Waals surface area contributed by atoms with Gasteiger partial charge in [-0.05, 0) is 36.8 Å². The van der Waals surface area contributed by atoms with Gasteiger partial charge in [0.05, 0.1) is 24.1 Å². The van der Waals surface area contributed by atoms with E-state index in [0.717, 1.165) is 16.7 Å². The molecule has 1 N–H and O–H groups in total. The largest absolute Gasteiger partial charge is 0.494 e. The molecule has 1 aliphatic heterocycles. The van der Waals surface area contributed by atoms with E-state index in [0.29, 0.717) is 23.4 Å². The van der Waals surface area contributed by atoms with Crippen LogP contribution in [-0.2, 0) is 4.79 Å². The number of rotatable bonds is 3. The van der Waals surface area contributed by atoms with E-state index in [4.69, 9.17) is 9.47 Å². The minimum Gasteiger partial charge on any atom is -0.494 e. The topological polar surface area (TPSA) is 68.4 Å². The number of nitrogens with one attached hydrogen (secondary N) is 1. The molecule has 5 nitrogen and oxygen atoms in total. The van der Waals surface area contributed by atoms with Crippen LogP contribution in [-0.4, -0.2) is 17.6 Å². The fourth-order valence-electron chi connectivity index (χ4n) is 3.33. The third-order valence-corrected chi connectivity index (χ3v) is 4.44. The summed E-state index contributed by atoms with van der Waals surface area (Å²) in [5.74, 6) is 0.467. The molecule has 4 rings (SSSR count). The van der Waals surface area contributed by atoms with E-state index in [1.165, 1.54) is 0 Å². The standard InChI is InChI=1S/C20H17NO4/c1-2-24-13-9-7-12(8-10-13)15-11-17(22)25-19-14-5-3-4-6-16(14)21-20(23)18(15)19/h3-10,15H,2,11H2,1H3,(H,21,23)/t15-/m1/s1. The van der Waals surface area contributed by atoms with Gasteiger partial charge in [0.15, 0.2) is 0 Å². The smallest absolute Gasteiger partial charge is 0.312 e. The molecular formula is C20H17NO4. The van der Waals surface area contributed by atoms with E-state index in [2.05, 4.69) is 4.98 Å². The summed E-state index contributed by atoms with van der Waals surface area (Å²) < 4.78 is 10.9. The number of aromatic amines is 1. The number of benzene rings is 2. The van der Waals surface area contributed by atoms with Crippen LogP contribution >= 0.6 is 0 Å². The van der Waals surface area contributed by atoms with E-state index < -0.39 is 0 Å². The van der Waals surface area contributed by atoms with Crippen LogP contribution in [0.4, 0.5) is 0 Å². The van der Waals surface area contributed by atoms with Crippen molar-refractivity contribution in [3.8, 4) is 11.5 Å². The molecule has 0 saturated heterocycles. The fourth-order valence-corrected chi connectivity index (χ4v) is 3.33. The molecule has 25 heavy (non-hydrogen) atoms. The molecule has 0 saturated carbocycles. The molecule has 126 valence electrons. The van der Waals surface area contributed by atoms with Gasteiger partial charge in [0.2, 0.25) is 0 Å². The Bertz CT molecular complexity index is 1000. The van der Waals surface area contributed by atoms with Gasteiger partial charge in [-0.3, -0.25) is 9.59 Å². The molecule has 2 heterocycles. The summed E-state index contributed by atoms with van der Waals surface area (Å²) in [5, 5.41) is 0.737. The SMILES string of the molecule is CCOc1ccc([C@H]2CC(=O)Oc3c2c(=O)[nH]c2ccccc32)cc1. The Morgan fingerprint density at radius 1 is 1.12 bits per heavy atom. The maximum absolute atomic E-state index is 12.7. The summed E-state index contributed by atoms with van der Waals surface area (Å²) in [5.41, 5.74) is 1.83. The van der Waals surface area contributed by atoms with Crippen LogP contribution in [0.15, 0.2) is 53.3 Å². The first-order chi connectivity index (χ1) is 12.2. The summed E-state index contributed by atoms with van der Waals surface area (Å²) >= 11 is 0. The van der Waals surface area contributed by atoms with Crippen molar-refractivity contribution in [3.05, 3.63) is 70.0 Å². The monoisotopic (exact) mass is 335 g/mol. The molecule has 0 amide bonds. The lowest BCUT2D eigenvalue weighted by Gasteiger charge is -2.25. The molecule has 0 aliphatic carbocycles. The number of aromatic nitrogens is 1. The zero-order valence-electron chi connectivity index (χ0n) is 13.7. The first kappa shape index (κ1) is 15.4. The van der Waals surface area contributed by atoms with E-state index in [1.54, 1.807) is 6.07 Å². The van der Waals surface area contributed by atoms with Crippen LogP contribution in [0.3, 0.4) is 0 Å². The highest BCUT2D eigenvalue weighted by Crippen LogP contribution is 2.40. The maximum atomic E-state index is 12.7. The summed E-state index contributed by atoms with van der Waals surface area (Å²) in [4.78, 5) is 27.7. The van der Waals surface area contributed by atoms with E-state index in [9.17, 15) is 9.59 Å². The Kier molecular flexibility index (Phi) is 3.76. The Morgan fingerprint density at radius 3 is 2.64 bits per heavy atom. The van der Waals surface area contributed by atoms with Gasteiger partial charge in [0.25, 0.3) is 5.56 Å². The number of esters is 1. The molecule has 1 aliphatic rings. The molecule has 0 fully saturated rings. The van der Waals surface area contributed by atoms with Crippen LogP contribution in [0.2, 0.25) is 0 Å². The Morgan fingerprint density at radius 2 is 1.88 bits per heavy atom. The van der Waals surface area contributed by atoms with E-state index in [-0.39, 0.29) is 23.9 Å². The molecule has 0 bridgehead atoms. The van der Waals surface area contributed by atoms with Gasteiger partial charge in [-0.15, -0.1) is 0 Å². The molecule has 2 aromatic carbocycles. The second kappa shape index (κ2) is 6.09. The van der Waals surface area contributed by atoms with E-state index in [1.807, 2.05) is 49.4 Å². The average Bonchev–Trinajstić information content (AvgIpc) is 2.62. The van der Waals surface area contributed by atoms with Gasteiger partial charge in [0, 0.05) is 11.3 Å². The molecular weight excluding hydrogens is 318 g/mol. The highest BCUT2D eigenvalue weighted by molar-refractivity contribution is 5.91. The number of carbonyl (C=O) groups is 1. The van der Waals surface area contributed by atoms with Crippen molar-refractivity contribution >= 4 is 16.9 Å². The fraction of sp³-hybridized carbons (Fsp3) is 0.200. The van der Waals surface area contributed by atoms with Gasteiger partial charge in [0.1, 0.15) is 11.5 Å². The molecule has 0 unspecified atom stereocenters. The lowest BCUT2D eigenvalue weighted by molar-refractivity contribution is -0.135. The first-order valence-electron chi connectivity index (χ1n) is 8.25. The number of H-pyrrole nitrogens is 1. The van der Waals surface area contributed by atoms with Crippen molar-refractivity contribution < 1.29 is 14.3 Å². The minimum atomic E-state index is -0.333. The molecule has 5 heteroatoms. The zero-order valence-corrected chi connectivity index (χ0v) is 13.7. The van der Waals surface area contributed by atoms with Crippen LogP contribution in [0.1, 0.15) is 30.4 Å². The molecule has 1 atom stereocenters. The Hall–Kier alpha value is -3.08.